The molecule has 0 saturated carbocycles. The summed E-state index contributed by atoms with van der Waals surface area (Å²) in [4.78, 5) is 4.43. The molecule has 1 aliphatic rings. The summed E-state index contributed by atoms with van der Waals surface area (Å²) in [7, 11) is 4.20. The van der Waals surface area contributed by atoms with Crippen LogP contribution in [0.3, 0.4) is 0 Å². The molecule has 0 atom stereocenters. The van der Waals surface area contributed by atoms with E-state index in [1.807, 2.05) is 0 Å². The Labute approximate surface area is 81.2 Å². The van der Waals surface area contributed by atoms with E-state index < -0.39 is 0 Å². The Hall–Kier alpha value is -0.570. The topological polar surface area (TPSA) is 30.3 Å². The highest BCUT2D eigenvalue weighted by atomic mass is 15.2. The third kappa shape index (κ3) is 3.77. The van der Waals surface area contributed by atoms with Gasteiger partial charge in [-0.25, -0.2) is 0 Å². The van der Waals surface area contributed by atoms with Crippen molar-refractivity contribution >= 4 is 5.84 Å². The van der Waals surface area contributed by atoms with E-state index in [-0.39, 0.29) is 0 Å². The molecule has 1 fully saturated rings. The minimum absolute atomic E-state index is 0.852. The van der Waals surface area contributed by atoms with Crippen molar-refractivity contribution in [2.75, 3.05) is 33.7 Å². The van der Waals surface area contributed by atoms with Gasteiger partial charge in [0, 0.05) is 19.5 Å². The first-order valence-corrected chi connectivity index (χ1v) is 5.17. The molecule has 1 rings (SSSR count). The van der Waals surface area contributed by atoms with E-state index in [2.05, 4.69) is 23.9 Å². The highest BCUT2D eigenvalue weighted by molar-refractivity contribution is 5.79. The molecule has 0 spiro atoms. The number of hydrogen-bond acceptors (Lipinski definition) is 2. The van der Waals surface area contributed by atoms with Crippen LogP contribution in [0.25, 0.3) is 0 Å². The lowest BCUT2D eigenvalue weighted by molar-refractivity contribution is 0.325. The van der Waals surface area contributed by atoms with E-state index in [0.29, 0.717) is 0 Å². The fourth-order valence-corrected chi connectivity index (χ4v) is 1.71. The lowest BCUT2D eigenvalue weighted by atomic mass is 10.1. The molecule has 1 N–H and O–H groups in total. The lowest BCUT2D eigenvalue weighted by Gasteiger charge is -2.29. The Morgan fingerprint density at radius 2 is 2.15 bits per heavy atom. The lowest BCUT2D eigenvalue weighted by Crippen LogP contribution is -2.36. The van der Waals surface area contributed by atoms with Gasteiger partial charge in [-0.3, -0.25) is 5.41 Å². The standard InChI is InChI=1S/C10H21N3/c1-12(2)7-5-9-13-8-4-3-6-10(13)11/h11H,3-9H2,1-2H3. The second kappa shape index (κ2) is 5.22. The highest BCUT2D eigenvalue weighted by Gasteiger charge is 2.13. The van der Waals surface area contributed by atoms with Crippen LogP contribution < -0.4 is 0 Å². The summed E-state index contributed by atoms with van der Waals surface area (Å²) < 4.78 is 0. The molecular weight excluding hydrogens is 162 g/mol. The predicted octanol–water partition coefficient (Wildman–Crippen LogP) is 1.40. The summed E-state index contributed by atoms with van der Waals surface area (Å²) in [5.74, 6) is 0.852. The molecular formula is C10H21N3. The van der Waals surface area contributed by atoms with E-state index in [9.17, 15) is 0 Å². The van der Waals surface area contributed by atoms with Crippen LogP contribution in [0, 0.1) is 5.41 Å². The smallest absolute Gasteiger partial charge is 0.0957 e. The molecule has 76 valence electrons. The van der Waals surface area contributed by atoms with Crippen molar-refractivity contribution in [3.05, 3.63) is 0 Å². The van der Waals surface area contributed by atoms with Crippen molar-refractivity contribution < 1.29 is 0 Å². The van der Waals surface area contributed by atoms with Gasteiger partial charge < -0.3 is 9.80 Å². The first kappa shape index (κ1) is 10.5. The second-order valence-corrected chi connectivity index (χ2v) is 4.05. The Balaban J connectivity index is 2.15. The van der Waals surface area contributed by atoms with Gasteiger partial charge in [-0.15, -0.1) is 0 Å². The number of hydrogen-bond donors (Lipinski definition) is 1. The SMILES string of the molecule is CN(C)CCCN1CCCCC1=N. The third-order valence-electron chi connectivity index (χ3n) is 2.51. The summed E-state index contributed by atoms with van der Waals surface area (Å²) in [5, 5.41) is 7.74. The van der Waals surface area contributed by atoms with Crippen LogP contribution in [0.1, 0.15) is 25.7 Å². The molecule has 0 aromatic heterocycles. The first-order valence-electron chi connectivity index (χ1n) is 5.17. The summed E-state index contributed by atoms with van der Waals surface area (Å²) in [6.45, 7) is 3.30. The van der Waals surface area contributed by atoms with Crippen LogP contribution in [0.5, 0.6) is 0 Å². The number of nitrogens with zero attached hydrogens (tertiary/aromatic N) is 2. The van der Waals surface area contributed by atoms with E-state index >= 15 is 0 Å². The molecule has 0 amide bonds. The van der Waals surface area contributed by atoms with Gasteiger partial charge in [0.05, 0.1) is 5.84 Å². The van der Waals surface area contributed by atoms with Crippen molar-refractivity contribution in [3.63, 3.8) is 0 Å². The van der Waals surface area contributed by atoms with E-state index in [0.717, 1.165) is 31.9 Å². The van der Waals surface area contributed by atoms with E-state index in [4.69, 9.17) is 5.41 Å². The molecule has 0 aromatic rings. The van der Waals surface area contributed by atoms with Crippen LogP contribution in [-0.4, -0.2) is 49.4 Å². The average molecular weight is 183 g/mol. The van der Waals surface area contributed by atoms with Gasteiger partial charge in [-0.2, -0.15) is 0 Å². The number of rotatable bonds is 4. The van der Waals surface area contributed by atoms with Gasteiger partial charge in [0.15, 0.2) is 0 Å². The van der Waals surface area contributed by atoms with Crippen molar-refractivity contribution in [1.29, 1.82) is 5.41 Å². The molecule has 0 radical (unpaired) electrons. The molecule has 13 heavy (non-hydrogen) atoms. The van der Waals surface area contributed by atoms with E-state index in [1.165, 1.54) is 19.3 Å². The number of likely N-dealkylation sites (tertiary alicyclic amines) is 1. The Kier molecular flexibility index (Phi) is 4.22. The summed E-state index contributed by atoms with van der Waals surface area (Å²) >= 11 is 0. The monoisotopic (exact) mass is 183 g/mol. The molecule has 1 saturated heterocycles. The minimum atomic E-state index is 0.852. The maximum absolute atomic E-state index is 7.74. The molecule has 0 aromatic carbocycles. The fourth-order valence-electron chi connectivity index (χ4n) is 1.71. The molecule has 1 aliphatic heterocycles. The predicted molar refractivity (Wildman–Crippen MR) is 56.3 cm³/mol. The molecule has 1 heterocycles. The largest absolute Gasteiger partial charge is 0.361 e. The average Bonchev–Trinajstić information content (AvgIpc) is 2.08. The number of piperidine rings is 1. The highest BCUT2D eigenvalue weighted by Crippen LogP contribution is 2.10. The van der Waals surface area contributed by atoms with Gasteiger partial charge in [-0.05, 0) is 39.9 Å². The Morgan fingerprint density at radius 3 is 2.77 bits per heavy atom. The van der Waals surface area contributed by atoms with Crippen LogP contribution in [0.4, 0.5) is 0 Å². The minimum Gasteiger partial charge on any atom is -0.361 e. The summed E-state index contributed by atoms with van der Waals surface area (Å²) in [6.07, 6.45) is 4.64. The molecule has 0 aliphatic carbocycles. The molecule has 0 bridgehead atoms. The Morgan fingerprint density at radius 1 is 1.38 bits per heavy atom. The summed E-state index contributed by atoms with van der Waals surface area (Å²) in [5.41, 5.74) is 0. The quantitative estimate of drug-likeness (QED) is 0.714. The van der Waals surface area contributed by atoms with E-state index in [1.54, 1.807) is 0 Å². The van der Waals surface area contributed by atoms with Gasteiger partial charge in [0.1, 0.15) is 0 Å². The molecule has 0 unspecified atom stereocenters. The second-order valence-electron chi connectivity index (χ2n) is 4.05. The van der Waals surface area contributed by atoms with Crippen molar-refractivity contribution in [2.24, 2.45) is 0 Å². The number of nitrogens with one attached hydrogen (secondary N) is 1. The van der Waals surface area contributed by atoms with Gasteiger partial charge in [0.2, 0.25) is 0 Å². The first-order chi connectivity index (χ1) is 6.20. The fraction of sp³-hybridized carbons (Fsp3) is 0.900. The Bertz CT molecular complexity index is 166. The van der Waals surface area contributed by atoms with Gasteiger partial charge in [0.25, 0.3) is 0 Å². The third-order valence-corrected chi connectivity index (χ3v) is 2.51. The van der Waals surface area contributed by atoms with Crippen LogP contribution in [-0.2, 0) is 0 Å². The zero-order valence-corrected chi connectivity index (χ0v) is 8.84. The maximum atomic E-state index is 7.74. The molecule has 3 nitrogen and oxygen atoms in total. The number of amidine groups is 1. The molecule has 3 heteroatoms. The van der Waals surface area contributed by atoms with Crippen molar-refractivity contribution in [2.45, 2.75) is 25.7 Å². The van der Waals surface area contributed by atoms with Crippen molar-refractivity contribution in [1.82, 2.24) is 9.80 Å². The van der Waals surface area contributed by atoms with Crippen LogP contribution in [0.2, 0.25) is 0 Å². The normalized spacial score (nSPS) is 18.4. The van der Waals surface area contributed by atoms with Crippen LogP contribution in [0.15, 0.2) is 0 Å². The zero-order valence-electron chi connectivity index (χ0n) is 8.84. The van der Waals surface area contributed by atoms with Crippen LogP contribution >= 0.6 is 0 Å². The van der Waals surface area contributed by atoms with Crippen molar-refractivity contribution in [3.8, 4) is 0 Å². The van der Waals surface area contributed by atoms with Gasteiger partial charge >= 0.3 is 0 Å². The zero-order chi connectivity index (χ0) is 9.68. The summed E-state index contributed by atoms with van der Waals surface area (Å²) in [6, 6.07) is 0. The maximum Gasteiger partial charge on any atom is 0.0957 e. The van der Waals surface area contributed by atoms with Gasteiger partial charge in [-0.1, -0.05) is 0 Å².